The predicted molar refractivity (Wildman–Crippen MR) is 63.6 cm³/mol. The normalized spacial score (nSPS) is 28.6. The van der Waals surface area contributed by atoms with Crippen LogP contribution in [0.5, 0.6) is 0 Å². The first-order chi connectivity index (χ1) is 7.43. The first-order valence-electron chi connectivity index (χ1n) is 5.67. The molecule has 5 nitrogen and oxygen atoms in total. The molecule has 0 aromatic heterocycles. The number of ether oxygens (including phenoxy) is 1. The molecule has 16 heavy (non-hydrogen) atoms. The van der Waals surface area contributed by atoms with Crippen molar-refractivity contribution in [3.05, 3.63) is 0 Å². The Bertz CT molecular complexity index is 316. The van der Waals surface area contributed by atoms with Gasteiger partial charge in [0.25, 0.3) is 0 Å². The highest BCUT2D eigenvalue weighted by Crippen LogP contribution is 2.23. The lowest BCUT2D eigenvalue weighted by molar-refractivity contribution is 0.0400. The molecule has 0 spiro atoms. The highest BCUT2D eigenvalue weighted by molar-refractivity contribution is 7.89. The summed E-state index contributed by atoms with van der Waals surface area (Å²) >= 11 is 0. The third-order valence-corrected chi connectivity index (χ3v) is 5.47. The van der Waals surface area contributed by atoms with Gasteiger partial charge in [0.1, 0.15) is 0 Å². The van der Waals surface area contributed by atoms with Crippen LogP contribution < -0.4 is 5.73 Å². The molecule has 1 saturated heterocycles. The van der Waals surface area contributed by atoms with E-state index in [-0.39, 0.29) is 17.4 Å². The minimum Gasteiger partial charge on any atom is -0.381 e. The van der Waals surface area contributed by atoms with Gasteiger partial charge in [-0.25, -0.2) is 8.42 Å². The summed E-state index contributed by atoms with van der Waals surface area (Å²) in [5.74, 6) is 0. The Hall–Kier alpha value is -0.170. The SMILES string of the molecule is COC1CCN(S(=O)(=O)C(C)C)C(CN)C1. The zero-order chi connectivity index (χ0) is 12.3. The maximum atomic E-state index is 12.1. The lowest BCUT2D eigenvalue weighted by atomic mass is 10.0. The van der Waals surface area contributed by atoms with Crippen molar-refractivity contribution in [2.75, 3.05) is 20.2 Å². The van der Waals surface area contributed by atoms with Crippen molar-refractivity contribution in [1.82, 2.24) is 4.31 Å². The first-order valence-corrected chi connectivity index (χ1v) is 7.17. The molecule has 1 aliphatic rings. The molecule has 0 saturated carbocycles. The second-order valence-electron chi connectivity index (χ2n) is 4.48. The molecule has 0 aromatic carbocycles. The maximum absolute atomic E-state index is 12.1. The average Bonchev–Trinajstić information content (AvgIpc) is 2.27. The molecule has 1 aliphatic heterocycles. The molecular weight excluding hydrogens is 228 g/mol. The standard InChI is InChI=1S/C10H22N2O3S/c1-8(2)16(13,14)12-5-4-10(15-3)6-9(12)7-11/h8-10H,4-7,11H2,1-3H3. The summed E-state index contributed by atoms with van der Waals surface area (Å²) in [6, 6.07) is -0.119. The third kappa shape index (κ3) is 2.74. The van der Waals surface area contributed by atoms with E-state index in [1.54, 1.807) is 25.3 Å². The van der Waals surface area contributed by atoms with E-state index in [1.807, 2.05) is 0 Å². The minimum absolute atomic E-state index is 0.119. The average molecular weight is 250 g/mol. The topological polar surface area (TPSA) is 72.6 Å². The van der Waals surface area contributed by atoms with Crippen molar-refractivity contribution in [2.45, 2.75) is 44.1 Å². The monoisotopic (exact) mass is 250 g/mol. The number of nitrogens with zero attached hydrogens (tertiary/aromatic N) is 1. The molecule has 1 rings (SSSR count). The van der Waals surface area contributed by atoms with Crippen LogP contribution in [0.2, 0.25) is 0 Å². The molecule has 0 amide bonds. The minimum atomic E-state index is -3.20. The molecule has 96 valence electrons. The van der Waals surface area contributed by atoms with E-state index in [0.29, 0.717) is 19.5 Å². The Morgan fingerprint density at radius 1 is 1.50 bits per heavy atom. The van der Waals surface area contributed by atoms with Crippen LogP contribution in [0, 0.1) is 0 Å². The number of rotatable bonds is 4. The van der Waals surface area contributed by atoms with Crippen LogP contribution in [0.1, 0.15) is 26.7 Å². The third-order valence-electron chi connectivity index (χ3n) is 3.14. The van der Waals surface area contributed by atoms with Crippen molar-refractivity contribution < 1.29 is 13.2 Å². The van der Waals surface area contributed by atoms with Crippen LogP contribution in [0.4, 0.5) is 0 Å². The van der Waals surface area contributed by atoms with Crippen molar-refractivity contribution in [3.8, 4) is 0 Å². The lowest BCUT2D eigenvalue weighted by Gasteiger charge is -2.38. The molecule has 2 unspecified atom stereocenters. The van der Waals surface area contributed by atoms with Gasteiger partial charge in [-0.15, -0.1) is 0 Å². The fourth-order valence-corrected chi connectivity index (χ4v) is 3.52. The Balaban J connectivity index is 2.82. The summed E-state index contributed by atoms with van der Waals surface area (Å²) in [6.07, 6.45) is 1.57. The van der Waals surface area contributed by atoms with Gasteiger partial charge >= 0.3 is 0 Å². The van der Waals surface area contributed by atoms with E-state index in [4.69, 9.17) is 10.5 Å². The van der Waals surface area contributed by atoms with Crippen molar-refractivity contribution in [1.29, 1.82) is 0 Å². The van der Waals surface area contributed by atoms with Gasteiger partial charge < -0.3 is 10.5 Å². The molecule has 0 aliphatic carbocycles. The van der Waals surface area contributed by atoms with Crippen molar-refractivity contribution >= 4 is 10.0 Å². The summed E-state index contributed by atoms with van der Waals surface area (Å²) < 4.78 is 31.0. The zero-order valence-electron chi connectivity index (χ0n) is 10.2. The maximum Gasteiger partial charge on any atom is 0.216 e. The Morgan fingerprint density at radius 3 is 2.56 bits per heavy atom. The molecule has 1 heterocycles. The van der Waals surface area contributed by atoms with Crippen molar-refractivity contribution in [3.63, 3.8) is 0 Å². The fourth-order valence-electron chi connectivity index (χ4n) is 2.03. The summed E-state index contributed by atoms with van der Waals surface area (Å²) in [7, 11) is -1.54. The van der Waals surface area contributed by atoms with Gasteiger partial charge in [-0.05, 0) is 26.7 Å². The molecule has 0 aromatic rings. The molecule has 0 bridgehead atoms. The van der Waals surface area contributed by atoms with Gasteiger partial charge in [-0.2, -0.15) is 4.31 Å². The number of sulfonamides is 1. The molecule has 6 heteroatoms. The molecule has 2 atom stereocenters. The van der Waals surface area contributed by atoms with Gasteiger partial charge in [0.15, 0.2) is 0 Å². The smallest absolute Gasteiger partial charge is 0.216 e. The number of piperidine rings is 1. The predicted octanol–water partition coefficient (Wildman–Crippen LogP) is 0.163. The lowest BCUT2D eigenvalue weighted by Crippen LogP contribution is -2.52. The molecule has 1 fully saturated rings. The van der Waals surface area contributed by atoms with Gasteiger partial charge in [-0.3, -0.25) is 0 Å². The largest absolute Gasteiger partial charge is 0.381 e. The molecule has 0 radical (unpaired) electrons. The molecular formula is C10H22N2O3S. The first kappa shape index (κ1) is 13.9. The van der Waals surface area contributed by atoms with Gasteiger partial charge in [0, 0.05) is 26.2 Å². The number of hydrogen-bond donors (Lipinski definition) is 1. The van der Waals surface area contributed by atoms with Crippen LogP contribution in [0.25, 0.3) is 0 Å². The summed E-state index contributed by atoms with van der Waals surface area (Å²) in [6.45, 7) is 4.27. The van der Waals surface area contributed by atoms with Gasteiger partial charge in [-0.1, -0.05) is 0 Å². The summed E-state index contributed by atoms with van der Waals surface area (Å²) in [5.41, 5.74) is 5.65. The van der Waals surface area contributed by atoms with Crippen LogP contribution >= 0.6 is 0 Å². The van der Waals surface area contributed by atoms with Gasteiger partial charge in [0.05, 0.1) is 11.4 Å². The Kier molecular flexibility index (Phi) is 4.73. The van der Waals surface area contributed by atoms with E-state index in [0.717, 1.165) is 6.42 Å². The number of hydrogen-bond acceptors (Lipinski definition) is 4. The fraction of sp³-hybridized carbons (Fsp3) is 1.00. The zero-order valence-corrected chi connectivity index (χ0v) is 11.0. The van der Waals surface area contributed by atoms with E-state index < -0.39 is 10.0 Å². The van der Waals surface area contributed by atoms with Gasteiger partial charge in [0.2, 0.25) is 10.0 Å². The van der Waals surface area contributed by atoms with Crippen LogP contribution in [0.3, 0.4) is 0 Å². The second kappa shape index (κ2) is 5.44. The van der Waals surface area contributed by atoms with E-state index in [9.17, 15) is 8.42 Å². The quantitative estimate of drug-likeness (QED) is 0.771. The molecule has 2 N–H and O–H groups in total. The summed E-state index contributed by atoms with van der Waals surface area (Å²) in [4.78, 5) is 0. The Morgan fingerprint density at radius 2 is 2.12 bits per heavy atom. The van der Waals surface area contributed by atoms with Crippen LogP contribution in [-0.2, 0) is 14.8 Å². The number of methoxy groups -OCH3 is 1. The van der Waals surface area contributed by atoms with Crippen LogP contribution in [0.15, 0.2) is 0 Å². The highest BCUT2D eigenvalue weighted by atomic mass is 32.2. The Labute approximate surface area is 98.0 Å². The van der Waals surface area contributed by atoms with Crippen LogP contribution in [-0.4, -0.2) is 50.3 Å². The summed E-state index contributed by atoms with van der Waals surface area (Å²) in [5, 5.41) is -0.388. The second-order valence-corrected chi connectivity index (χ2v) is 6.92. The highest BCUT2D eigenvalue weighted by Gasteiger charge is 2.36. The van der Waals surface area contributed by atoms with E-state index in [1.165, 1.54) is 0 Å². The van der Waals surface area contributed by atoms with E-state index >= 15 is 0 Å². The van der Waals surface area contributed by atoms with Crippen molar-refractivity contribution in [2.24, 2.45) is 5.73 Å². The van der Waals surface area contributed by atoms with E-state index in [2.05, 4.69) is 0 Å². The number of nitrogens with two attached hydrogens (primary N) is 1.